The third kappa shape index (κ3) is 5.44. The van der Waals surface area contributed by atoms with E-state index in [0.717, 1.165) is 0 Å². The van der Waals surface area contributed by atoms with Crippen LogP contribution >= 0.6 is 0 Å². The summed E-state index contributed by atoms with van der Waals surface area (Å²) in [6, 6.07) is 11.4. The second kappa shape index (κ2) is 7.84. The minimum atomic E-state index is -1.02. The van der Waals surface area contributed by atoms with Gasteiger partial charge in [0.1, 0.15) is 11.5 Å². The second-order valence-electron chi connectivity index (χ2n) is 4.14. The van der Waals surface area contributed by atoms with E-state index in [1.807, 2.05) is 19.1 Å². The zero-order chi connectivity index (χ0) is 14.4. The average Bonchev–Trinajstić information content (AvgIpc) is 2.36. The number of phenolic OH excluding ortho intramolecular Hbond substituents is 2. The van der Waals surface area contributed by atoms with Crippen molar-refractivity contribution in [3.63, 3.8) is 0 Å². The fourth-order valence-corrected chi connectivity index (χ4v) is 1.39. The predicted octanol–water partition coefficient (Wildman–Crippen LogP) is 3.74. The number of hydrogen-bond acceptors (Lipinski definition) is 3. The lowest BCUT2D eigenvalue weighted by Crippen LogP contribution is -1.98. The maximum atomic E-state index is 10.5. The van der Waals surface area contributed by atoms with Gasteiger partial charge in [-0.2, -0.15) is 0 Å². The maximum Gasteiger partial charge on any atom is 0.336 e. The Hall–Kier alpha value is -2.49. The quantitative estimate of drug-likeness (QED) is 0.741. The minimum absolute atomic E-state index is 0. The molecule has 0 heterocycles. The van der Waals surface area contributed by atoms with E-state index in [4.69, 9.17) is 15.3 Å². The smallest absolute Gasteiger partial charge is 0.336 e. The Bertz CT molecular complexity index is 538. The van der Waals surface area contributed by atoms with Crippen molar-refractivity contribution < 1.29 is 20.1 Å². The summed E-state index contributed by atoms with van der Waals surface area (Å²) in [7, 11) is 0. The molecule has 2 rings (SSSR count). The number of aromatic carboxylic acids is 1. The lowest BCUT2D eigenvalue weighted by atomic mass is 10.1. The van der Waals surface area contributed by atoms with Crippen molar-refractivity contribution in [1.29, 1.82) is 0 Å². The van der Waals surface area contributed by atoms with Crippen LogP contribution in [-0.2, 0) is 0 Å². The van der Waals surface area contributed by atoms with Crippen LogP contribution in [0.15, 0.2) is 42.5 Å². The number of hydrogen-bond donors (Lipinski definition) is 3. The number of carbonyl (C=O) groups is 1. The first kappa shape index (κ1) is 17.5. The molecule has 2 aromatic rings. The summed E-state index contributed by atoms with van der Waals surface area (Å²) >= 11 is 0. The normalized spacial score (nSPS) is 8.90. The van der Waals surface area contributed by atoms with Gasteiger partial charge in [-0.05, 0) is 43.7 Å². The van der Waals surface area contributed by atoms with Gasteiger partial charge in [0.05, 0.1) is 5.56 Å². The topological polar surface area (TPSA) is 77.8 Å². The van der Waals surface area contributed by atoms with E-state index in [2.05, 4.69) is 0 Å². The summed E-state index contributed by atoms with van der Waals surface area (Å²) in [4.78, 5) is 10.5. The highest BCUT2D eigenvalue weighted by Gasteiger charge is 2.06. The molecule has 4 heteroatoms. The Morgan fingerprint density at radius 1 is 0.900 bits per heavy atom. The van der Waals surface area contributed by atoms with E-state index in [1.54, 1.807) is 25.1 Å². The van der Waals surface area contributed by atoms with E-state index in [0.29, 0.717) is 11.3 Å². The minimum Gasteiger partial charge on any atom is -0.508 e. The number of benzene rings is 2. The fourth-order valence-electron chi connectivity index (χ4n) is 1.39. The molecule has 0 radical (unpaired) electrons. The predicted molar refractivity (Wildman–Crippen MR) is 79.4 cm³/mol. The van der Waals surface area contributed by atoms with E-state index in [1.165, 1.54) is 17.7 Å². The van der Waals surface area contributed by atoms with Gasteiger partial charge in [-0.15, -0.1) is 0 Å². The van der Waals surface area contributed by atoms with E-state index >= 15 is 0 Å². The molecule has 0 aliphatic rings. The Morgan fingerprint density at radius 3 is 1.80 bits per heavy atom. The molecule has 20 heavy (non-hydrogen) atoms. The van der Waals surface area contributed by atoms with Crippen LogP contribution in [0, 0.1) is 13.8 Å². The molecule has 4 nitrogen and oxygen atoms in total. The van der Waals surface area contributed by atoms with Crippen molar-refractivity contribution in [2.24, 2.45) is 0 Å². The lowest BCUT2D eigenvalue weighted by molar-refractivity contribution is 0.0695. The van der Waals surface area contributed by atoms with Crippen molar-refractivity contribution in [3.8, 4) is 11.5 Å². The Kier molecular flexibility index (Phi) is 6.86. The molecular formula is C16H20O4. The van der Waals surface area contributed by atoms with Crippen LogP contribution in [0.3, 0.4) is 0 Å². The molecule has 0 amide bonds. The number of carboxylic acid groups (broad SMARTS) is 1. The van der Waals surface area contributed by atoms with Crippen LogP contribution in [0.25, 0.3) is 0 Å². The number of carboxylic acids is 1. The third-order valence-corrected chi connectivity index (χ3v) is 2.49. The van der Waals surface area contributed by atoms with Gasteiger partial charge in [0.25, 0.3) is 0 Å². The van der Waals surface area contributed by atoms with E-state index < -0.39 is 5.97 Å². The molecule has 0 aliphatic heterocycles. The molecule has 108 valence electrons. The van der Waals surface area contributed by atoms with Crippen molar-refractivity contribution in [1.82, 2.24) is 0 Å². The van der Waals surface area contributed by atoms with Crippen LogP contribution in [0.4, 0.5) is 0 Å². The number of phenols is 2. The molecule has 0 fully saturated rings. The van der Waals surface area contributed by atoms with Crippen molar-refractivity contribution in [2.75, 3.05) is 0 Å². The molecule has 0 saturated carbocycles. The van der Waals surface area contributed by atoms with E-state index in [-0.39, 0.29) is 18.7 Å². The van der Waals surface area contributed by atoms with Gasteiger partial charge in [-0.1, -0.05) is 31.2 Å². The molecule has 3 N–H and O–H groups in total. The summed E-state index contributed by atoms with van der Waals surface area (Å²) in [5.74, 6) is -0.706. The second-order valence-corrected chi connectivity index (χ2v) is 4.14. The average molecular weight is 276 g/mol. The van der Waals surface area contributed by atoms with Gasteiger partial charge >= 0.3 is 5.97 Å². The summed E-state index contributed by atoms with van der Waals surface area (Å²) in [5, 5.41) is 26.3. The molecule has 0 atom stereocenters. The zero-order valence-corrected chi connectivity index (χ0v) is 10.8. The summed E-state index contributed by atoms with van der Waals surface area (Å²) in [5.41, 5.74) is 1.96. The van der Waals surface area contributed by atoms with Gasteiger partial charge in [-0.3, -0.25) is 0 Å². The third-order valence-electron chi connectivity index (χ3n) is 2.49. The molecule has 0 saturated heterocycles. The maximum absolute atomic E-state index is 10.5. The van der Waals surface area contributed by atoms with Crippen molar-refractivity contribution in [2.45, 2.75) is 21.3 Å². The largest absolute Gasteiger partial charge is 0.508 e. The SMILES string of the molecule is C.Cc1ccc(O)cc1.Cc1ccc(O)cc1C(=O)O. The van der Waals surface area contributed by atoms with Crippen LogP contribution in [0.1, 0.15) is 28.9 Å². The highest BCUT2D eigenvalue weighted by Crippen LogP contribution is 2.15. The highest BCUT2D eigenvalue weighted by atomic mass is 16.4. The first-order valence-electron chi connectivity index (χ1n) is 5.68. The zero-order valence-electron chi connectivity index (χ0n) is 10.8. The molecule has 0 spiro atoms. The molecule has 0 aliphatic carbocycles. The van der Waals surface area contributed by atoms with Crippen LogP contribution < -0.4 is 0 Å². The van der Waals surface area contributed by atoms with Crippen LogP contribution in [0.2, 0.25) is 0 Å². The van der Waals surface area contributed by atoms with Crippen molar-refractivity contribution >= 4 is 5.97 Å². The first-order valence-corrected chi connectivity index (χ1v) is 5.68. The van der Waals surface area contributed by atoms with Gasteiger partial charge in [0, 0.05) is 0 Å². The molecule has 0 unspecified atom stereocenters. The molecule has 0 bridgehead atoms. The van der Waals surface area contributed by atoms with Gasteiger partial charge in [-0.25, -0.2) is 4.79 Å². The lowest BCUT2D eigenvalue weighted by Gasteiger charge is -1.99. The first-order chi connectivity index (χ1) is 8.90. The van der Waals surface area contributed by atoms with Gasteiger partial charge in [0.2, 0.25) is 0 Å². The highest BCUT2D eigenvalue weighted by molar-refractivity contribution is 5.89. The molecular weight excluding hydrogens is 256 g/mol. The van der Waals surface area contributed by atoms with Gasteiger partial charge < -0.3 is 15.3 Å². The summed E-state index contributed by atoms with van der Waals surface area (Å²) < 4.78 is 0. The van der Waals surface area contributed by atoms with Crippen LogP contribution in [0.5, 0.6) is 11.5 Å². The monoisotopic (exact) mass is 276 g/mol. The van der Waals surface area contributed by atoms with E-state index in [9.17, 15) is 4.79 Å². The van der Waals surface area contributed by atoms with Gasteiger partial charge in [0.15, 0.2) is 0 Å². The standard InChI is InChI=1S/C8H8O3.C7H8O.CH4/c1-5-2-3-6(9)4-7(5)8(10)11;1-6-2-4-7(8)5-3-6;/h2-4,9H,1H3,(H,10,11);2-5,8H,1H3;1H4. The summed E-state index contributed by atoms with van der Waals surface area (Å²) in [6.07, 6.45) is 0. The number of aromatic hydroxyl groups is 2. The van der Waals surface area contributed by atoms with Crippen molar-refractivity contribution in [3.05, 3.63) is 59.2 Å². The fraction of sp³-hybridized carbons (Fsp3) is 0.188. The molecule has 2 aromatic carbocycles. The summed E-state index contributed by atoms with van der Waals surface area (Å²) in [6.45, 7) is 3.67. The Balaban J connectivity index is 0.000000359. The number of rotatable bonds is 1. The van der Waals surface area contributed by atoms with Crippen LogP contribution in [-0.4, -0.2) is 21.3 Å². The Morgan fingerprint density at radius 2 is 1.40 bits per heavy atom. The molecule has 0 aromatic heterocycles. The number of aryl methyl sites for hydroxylation is 2. The Labute approximate surface area is 119 Å².